The Labute approximate surface area is 164 Å². The van der Waals surface area contributed by atoms with Gasteiger partial charge in [0, 0.05) is 24.0 Å². The molecule has 0 saturated heterocycles. The number of aromatic nitrogens is 4. The number of pyridine rings is 2. The highest BCUT2D eigenvalue weighted by molar-refractivity contribution is 7.77. The predicted molar refractivity (Wildman–Crippen MR) is 107 cm³/mol. The van der Waals surface area contributed by atoms with Crippen LogP contribution in [0.15, 0.2) is 47.3 Å². The molecule has 0 spiro atoms. The summed E-state index contributed by atoms with van der Waals surface area (Å²) in [6.45, 7) is 0. The number of rotatable bonds is 3. The summed E-state index contributed by atoms with van der Waals surface area (Å²) in [5, 5.41) is 10.2. The molecular weight excluding hydrogens is 384 g/mol. The van der Waals surface area contributed by atoms with E-state index in [0.717, 1.165) is 10.6 Å². The molecule has 4 heterocycles. The molecule has 0 aliphatic heterocycles. The molecule has 8 nitrogen and oxygen atoms in total. The molecule has 0 aliphatic rings. The quantitative estimate of drug-likeness (QED) is 0.509. The summed E-state index contributed by atoms with van der Waals surface area (Å²) in [5.41, 5.74) is 7.45. The maximum Gasteiger partial charge on any atom is 0.268 e. The van der Waals surface area contributed by atoms with Gasteiger partial charge in [-0.2, -0.15) is 0 Å². The molecule has 4 rings (SSSR count). The topological polar surface area (TPSA) is 111 Å². The number of primary amides is 1. The normalized spacial score (nSPS) is 10.7. The average molecular weight is 400 g/mol. The Balaban J connectivity index is 0.000000481. The Morgan fingerprint density at radius 2 is 2.00 bits per heavy atom. The smallest absolute Gasteiger partial charge is 0.268 e. The van der Waals surface area contributed by atoms with Crippen molar-refractivity contribution in [2.24, 2.45) is 5.73 Å². The van der Waals surface area contributed by atoms with Gasteiger partial charge >= 0.3 is 0 Å². The van der Waals surface area contributed by atoms with E-state index >= 15 is 0 Å². The fraction of sp³-hybridized carbons (Fsp3) is 0.118. The van der Waals surface area contributed by atoms with E-state index in [1.54, 1.807) is 28.8 Å². The first kappa shape index (κ1) is 19.0. The summed E-state index contributed by atoms with van der Waals surface area (Å²) in [6.07, 6.45) is 4.89. The van der Waals surface area contributed by atoms with Crippen molar-refractivity contribution in [1.29, 1.82) is 0 Å². The highest BCUT2D eigenvalue weighted by atomic mass is 32.1. The zero-order valence-electron chi connectivity index (χ0n) is 14.5. The van der Waals surface area contributed by atoms with Crippen molar-refractivity contribution in [2.75, 3.05) is 14.1 Å². The number of hydrogen-bond acceptors (Lipinski definition) is 9. The standard InChI is InChI=1S/C15H9N5O2S.C2H7NS/c16-13(21)12-9-3-5-22-11(9)6-10(18-12)15-20-19-14(23-15)8-2-1-4-17-7-8;1-3(2)4/h1-7H,(H2,16,21);4H,1-2H3. The van der Waals surface area contributed by atoms with Gasteiger partial charge < -0.3 is 10.2 Å². The van der Waals surface area contributed by atoms with Crippen LogP contribution in [0.3, 0.4) is 0 Å². The summed E-state index contributed by atoms with van der Waals surface area (Å²) in [6, 6.07) is 7.10. The fourth-order valence-electron chi connectivity index (χ4n) is 2.20. The minimum Gasteiger partial charge on any atom is -0.464 e. The van der Waals surface area contributed by atoms with Gasteiger partial charge in [-0.05, 0) is 32.3 Å². The molecule has 27 heavy (non-hydrogen) atoms. The Bertz CT molecular complexity index is 1060. The molecule has 0 atom stereocenters. The van der Waals surface area contributed by atoms with E-state index in [2.05, 4.69) is 33.0 Å². The van der Waals surface area contributed by atoms with Gasteiger partial charge in [0.2, 0.25) is 0 Å². The molecule has 0 fully saturated rings. The molecule has 0 unspecified atom stereocenters. The number of carbonyl (C=O) groups excluding carboxylic acids is 1. The fourth-order valence-corrected chi connectivity index (χ4v) is 2.99. The molecule has 0 saturated carbocycles. The van der Waals surface area contributed by atoms with E-state index in [1.165, 1.54) is 17.6 Å². The van der Waals surface area contributed by atoms with Crippen molar-refractivity contribution in [2.45, 2.75) is 0 Å². The molecule has 4 aromatic heterocycles. The van der Waals surface area contributed by atoms with Crippen molar-refractivity contribution in [3.05, 3.63) is 48.6 Å². The van der Waals surface area contributed by atoms with Crippen LogP contribution in [0.2, 0.25) is 0 Å². The summed E-state index contributed by atoms with van der Waals surface area (Å²) in [4.78, 5) is 20.0. The van der Waals surface area contributed by atoms with Gasteiger partial charge in [-0.1, -0.05) is 24.2 Å². The highest BCUT2D eigenvalue weighted by Gasteiger charge is 2.17. The van der Waals surface area contributed by atoms with Gasteiger partial charge in [0.1, 0.15) is 22.0 Å². The van der Waals surface area contributed by atoms with Gasteiger partial charge in [-0.15, -0.1) is 10.2 Å². The van der Waals surface area contributed by atoms with Crippen LogP contribution in [0, 0.1) is 0 Å². The minimum atomic E-state index is -0.616. The number of thiol groups is 1. The average Bonchev–Trinajstić information content (AvgIpc) is 3.30. The molecular formula is C17H16N6O2S2. The van der Waals surface area contributed by atoms with E-state index in [9.17, 15) is 4.79 Å². The summed E-state index contributed by atoms with van der Waals surface area (Å²) >= 11 is 5.15. The number of nitrogens with two attached hydrogens (primary N) is 1. The first-order chi connectivity index (χ1) is 13.0. The third kappa shape index (κ3) is 4.48. The third-order valence-electron chi connectivity index (χ3n) is 3.24. The van der Waals surface area contributed by atoms with Crippen molar-refractivity contribution < 1.29 is 9.21 Å². The van der Waals surface area contributed by atoms with Crippen LogP contribution in [0.1, 0.15) is 10.5 Å². The van der Waals surface area contributed by atoms with Crippen LogP contribution >= 0.6 is 24.2 Å². The number of nitrogens with zero attached hydrogens (tertiary/aromatic N) is 5. The van der Waals surface area contributed by atoms with E-state index in [1.807, 2.05) is 26.2 Å². The largest absolute Gasteiger partial charge is 0.464 e. The van der Waals surface area contributed by atoms with Crippen LogP contribution < -0.4 is 5.73 Å². The lowest BCUT2D eigenvalue weighted by atomic mass is 10.2. The maximum absolute atomic E-state index is 11.6. The number of amides is 1. The third-order valence-corrected chi connectivity index (χ3v) is 4.23. The second-order valence-corrected chi connectivity index (χ2v) is 7.33. The van der Waals surface area contributed by atoms with Crippen LogP contribution in [0.5, 0.6) is 0 Å². The van der Waals surface area contributed by atoms with E-state index in [0.29, 0.717) is 21.7 Å². The molecule has 0 radical (unpaired) electrons. The minimum absolute atomic E-state index is 0.157. The maximum atomic E-state index is 11.6. The lowest BCUT2D eigenvalue weighted by Crippen LogP contribution is -2.13. The van der Waals surface area contributed by atoms with Gasteiger partial charge in [0.15, 0.2) is 5.01 Å². The van der Waals surface area contributed by atoms with E-state index < -0.39 is 5.91 Å². The molecule has 2 N–H and O–H groups in total. The number of furan rings is 1. The number of carbonyl (C=O) groups is 1. The van der Waals surface area contributed by atoms with Crippen LogP contribution in [0.25, 0.3) is 32.2 Å². The first-order valence-corrected chi connectivity index (χ1v) is 8.96. The summed E-state index contributed by atoms with van der Waals surface area (Å²) < 4.78 is 7.06. The molecule has 1 amide bonds. The monoisotopic (exact) mass is 400 g/mol. The zero-order chi connectivity index (χ0) is 19.4. The lowest BCUT2D eigenvalue weighted by Gasteiger charge is -2.00. The molecule has 0 aromatic carbocycles. The summed E-state index contributed by atoms with van der Waals surface area (Å²) in [7, 11) is 3.73. The predicted octanol–water partition coefficient (Wildman–Crippen LogP) is 2.90. The van der Waals surface area contributed by atoms with Crippen LogP contribution in [-0.2, 0) is 0 Å². The van der Waals surface area contributed by atoms with Gasteiger partial charge in [-0.25, -0.2) is 4.98 Å². The zero-order valence-corrected chi connectivity index (χ0v) is 16.2. The Hall–Kier alpha value is -2.82. The Morgan fingerprint density at radius 1 is 1.26 bits per heavy atom. The molecule has 0 bridgehead atoms. The second kappa shape index (κ2) is 8.25. The Morgan fingerprint density at radius 3 is 2.67 bits per heavy atom. The number of hydrogen-bond donors (Lipinski definition) is 2. The summed E-state index contributed by atoms with van der Waals surface area (Å²) in [5.74, 6) is -0.616. The van der Waals surface area contributed by atoms with Gasteiger partial charge in [0.05, 0.1) is 11.6 Å². The van der Waals surface area contributed by atoms with E-state index in [-0.39, 0.29) is 5.69 Å². The highest BCUT2D eigenvalue weighted by Crippen LogP contribution is 2.31. The van der Waals surface area contributed by atoms with Crippen molar-refractivity contribution in [3.8, 4) is 21.3 Å². The molecule has 138 valence electrons. The molecule has 4 aromatic rings. The van der Waals surface area contributed by atoms with Gasteiger partial charge in [0.25, 0.3) is 5.91 Å². The second-order valence-electron chi connectivity index (χ2n) is 5.55. The Kier molecular flexibility index (Phi) is 5.79. The van der Waals surface area contributed by atoms with Gasteiger partial charge in [-0.3, -0.25) is 14.1 Å². The van der Waals surface area contributed by atoms with Crippen LogP contribution in [0.4, 0.5) is 0 Å². The van der Waals surface area contributed by atoms with Crippen molar-refractivity contribution >= 4 is 41.0 Å². The molecule has 0 aliphatic carbocycles. The molecule has 10 heteroatoms. The SMILES string of the molecule is CN(C)S.NC(=O)c1nc(-c2nnc(-c3cccnc3)s2)cc2occc12. The number of fused-ring (bicyclic) bond motifs is 1. The lowest BCUT2D eigenvalue weighted by molar-refractivity contribution is 0.0997. The van der Waals surface area contributed by atoms with Crippen molar-refractivity contribution in [3.63, 3.8) is 0 Å². The first-order valence-electron chi connectivity index (χ1n) is 7.74. The van der Waals surface area contributed by atoms with Crippen LogP contribution in [-0.4, -0.2) is 44.5 Å². The van der Waals surface area contributed by atoms with Crippen molar-refractivity contribution in [1.82, 2.24) is 24.5 Å². The van der Waals surface area contributed by atoms with E-state index in [4.69, 9.17) is 10.2 Å².